The molecular formula is C22H32N2O5S. The van der Waals surface area contributed by atoms with Crippen LogP contribution in [-0.2, 0) is 19.6 Å². The minimum absolute atomic E-state index is 0.0255. The summed E-state index contributed by atoms with van der Waals surface area (Å²) in [5, 5.41) is 2.89. The average Bonchev–Trinajstić information content (AvgIpc) is 2.75. The average molecular weight is 437 g/mol. The maximum absolute atomic E-state index is 13.0. The number of benzene rings is 1. The number of ether oxygens (including phenoxy) is 1. The van der Waals surface area contributed by atoms with Crippen LogP contribution in [0.5, 0.6) is 0 Å². The fraction of sp³-hybridized carbons (Fsp3) is 0.636. The lowest BCUT2D eigenvalue weighted by atomic mass is 9.81. The molecule has 1 atom stereocenters. The van der Waals surface area contributed by atoms with Crippen LogP contribution in [0.25, 0.3) is 0 Å². The zero-order valence-electron chi connectivity index (χ0n) is 17.9. The molecule has 0 radical (unpaired) electrons. The fourth-order valence-electron chi connectivity index (χ4n) is 4.44. The van der Waals surface area contributed by atoms with E-state index >= 15 is 0 Å². The summed E-state index contributed by atoms with van der Waals surface area (Å²) in [6.45, 7) is 4.46. The number of nitrogens with one attached hydrogen (secondary N) is 1. The molecule has 1 amide bonds. The molecule has 1 aliphatic carbocycles. The zero-order chi connectivity index (χ0) is 21.8. The molecule has 2 aliphatic rings. The first-order valence-electron chi connectivity index (χ1n) is 10.9. The number of esters is 1. The van der Waals surface area contributed by atoms with E-state index in [0.29, 0.717) is 24.9 Å². The van der Waals surface area contributed by atoms with Crippen LogP contribution in [0, 0.1) is 0 Å². The van der Waals surface area contributed by atoms with Crippen molar-refractivity contribution in [3.63, 3.8) is 0 Å². The number of carbonyl (C=O) groups excluding carboxylic acids is 2. The lowest BCUT2D eigenvalue weighted by Gasteiger charge is -2.35. The Morgan fingerprint density at radius 1 is 1.10 bits per heavy atom. The summed E-state index contributed by atoms with van der Waals surface area (Å²) in [7, 11) is -3.59. The van der Waals surface area contributed by atoms with E-state index in [9.17, 15) is 18.0 Å². The van der Waals surface area contributed by atoms with Crippen LogP contribution in [-0.4, -0.2) is 49.3 Å². The van der Waals surface area contributed by atoms with Gasteiger partial charge in [0, 0.05) is 18.2 Å². The highest BCUT2D eigenvalue weighted by atomic mass is 32.2. The molecule has 1 saturated carbocycles. The van der Waals surface area contributed by atoms with Gasteiger partial charge in [0.25, 0.3) is 5.91 Å². The maximum atomic E-state index is 13.0. The molecule has 3 rings (SSSR count). The summed E-state index contributed by atoms with van der Waals surface area (Å²) in [6, 6.07) is 5.95. The largest absolute Gasteiger partial charge is 0.464 e. The highest BCUT2D eigenvalue weighted by Gasteiger charge is 2.42. The first-order valence-corrected chi connectivity index (χ1v) is 12.4. The molecule has 1 N–H and O–H groups in total. The first-order chi connectivity index (χ1) is 14.3. The van der Waals surface area contributed by atoms with E-state index in [0.717, 1.165) is 38.5 Å². The van der Waals surface area contributed by atoms with Gasteiger partial charge >= 0.3 is 5.97 Å². The van der Waals surface area contributed by atoms with Crippen LogP contribution >= 0.6 is 0 Å². The second-order valence-corrected chi connectivity index (χ2v) is 10.2. The van der Waals surface area contributed by atoms with E-state index in [1.54, 1.807) is 11.2 Å². The topological polar surface area (TPSA) is 92.8 Å². The summed E-state index contributed by atoms with van der Waals surface area (Å²) in [5.41, 5.74) is -0.672. The lowest BCUT2D eigenvalue weighted by molar-refractivity contribution is -0.152. The van der Waals surface area contributed by atoms with E-state index in [1.165, 1.54) is 24.3 Å². The van der Waals surface area contributed by atoms with Crippen LogP contribution < -0.4 is 5.32 Å². The summed E-state index contributed by atoms with van der Waals surface area (Å²) < 4.78 is 32.7. The molecule has 1 heterocycles. The molecule has 7 nitrogen and oxygen atoms in total. The van der Waals surface area contributed by atoms with E-state index in [1.807, 2.05) is 6.92 Å². The van der Waals surface area contributed by atoms with Gasteiger partial charge in [-0.2, -0.15) is 4.31 Å². The Labute approximate surface area is 179 Å². The third-order valence-corrected chi connectivity index (χ3v) is 8.22. The van der Waals surface area contributed by atoms with Crippen molar-refractivity contribution in [1.82, 2.24) is 9.62 Å². The summed E-state index contributed by atoms with van der Waals surface area (Å²) in [6.07, 6.45) is 6.59. The zero-order valence-corrected chi connectivity index (χ0v) is 18.7. The van der Waals surface area contributed by atoms with E-state index < -0.39 is 21.5 Å². The highest BCUT2D eigenvalue weighted by molar-refractivity contribution is 7.89. The number of hydrogen-bond donors (Lipinski definition) is 1. The molecule has 1 aromatic rings. The van der Waals surface area contributed by atoms with Crippen LogP contribution in [0.3, 0.4) is 0 Å². The van der Waals surface area contributed by atoms with Crippen LogP contribution in [0.15, 0.2) is 29.2 Å². The van der Waals surface area contributed by atoms with Crippen molar-refractivity contribution in [2.45, 2.75) is 81.7 Å². The molecule has 1 saturated heterocycles. The van der Waals surface area contributed by atoms with Crippen LogP contribution in [0.4, 0.5) is 0 Å². The number of hydrogen-bond acceptors (Lipinski definition) is 5. The van der Waals surface area contributed by atoms with Gasteiger partial charge in [-0.15, -0.1) is 0 Å². The number of piperidine rings is 1. The molecule has 2 fully saturated rings. The second-order valence-electron chi connectivity index (χ2n) is 8.30. The van der Waals surface area contributed by atoms with Gasteiger partial charge in [-0.25, -0.2) is 13.2 Å². The molecular weight excluding hydrogens is 404 g/mol. The smallest absolute Gasteiger partial charge is 0.331 e. The van der Waals surface area contributed by atoms with Gasteiger partial charge in [-0.3, -0.25) is 4.79 Å². The van der Waals surface area contributed by atoms with Gasteiger partial charge in [0.15, 0.2) is 0 Å². The minimum Gasteiger partial charge on any atom is -0.464 e. The quantitative estimate of drug-likeness (QED) is 0.691. The monoisotopic (exact) mass is 436 g/mol. The van der Waals surface area contributed by atoms with Gasteiger partial charge in [-0.05, 0) is 63.8 Å². The van der Waals surface area contributed by atoms with Crippen LogP contribution in [0.2, 0.25) is 0 Å². The summed E-state index contributed by atoms with van der Waals surface area (Å²) in [4.78, 5) is 25.6. The van der Waals surface area contributed by atoms with Gasteiger partial charge in [0.2, 0.25) is 10.0 Å². The van der Waals surface area contributed by atoms with E-state index in [4.69, 9.17) is 4.74 Å². The molecule has 8 heteroatoms. The fourth-order valence-corrected chi connectivity index (χ4v) is 6.14. The molecule has 1 aliphatic heterocycles. The Bertz CT molecular complexity index is 860. The number of amides is 1. The molecule has 1 aromatic carbocycles. The molecule has 1 unspecified atom stereocenters. The molecule has 166 valence electrons. The summed E-state index contributed by atoms with van der Waals surface area (Å²) >= 11 is 0. The summed E-state index contributed by atoms with van der Waals surface area (Å²) in [5.74, 6) is -0.781. The number of carbonyl (C=O) groups is 2. The Kier molecular flexibility index (Phi) is 7.18. The lowest BCUT2D eigenvalue weighted by Crippen LogP contribution is -2.56. The van der Waals surface area contributed by atoms with Gasteiger partial charge in [-0.1, -0.05) is 25.7 Å². The van der Waals surface area contributed by atoms with E-state index in [2.05, 4.69) is 5.32 Å². The minimum atomic E-state index is -3.59. The third kappa shape index (κ3) is 4.70. The van der Waals surface area contributed by atoms with Crippen molar-refractivity contribution in [1.29, 1.82) is 0 Å². The van der Waals surface area contributed by atoms with Gasteiger partial charge in [0.05, 0.1) is 11.5 Å². The standard InChI is InChI=1S/C22H32N2O5S/c1-3-29-21(26)22(14-6-4-7-15-22)23-20(25)18-10-12-19(13-11-18)30(27,28)24-16-8-5-9-17(24)2/h10-13,17H,3-9,14-16H2,1-2H3,(H,23,25). The number of rotatable bonds is 6. The SMILES string of the molecule is CCOC(=O)C1(NC(=O)c2ccc(S(=O)(=O)N3CCCCC3C)cc2)CCCCC1. The van der Waals surface area contributed by atoms with Gasteiger partial charge < -0.3 is 10.1 Å². The van der Waals surface area contributed by atoms with Crippen molar-refractivity contribution in [2.24, 2.45) is 0 Å². The maximum Gasteiger partial charge on any atom is 0.331 e. The third-order valence-electron chi connectivity index (χ3n) is 6.19. The Balaban J connectivity index is 1.76. The molecule has 0 spiro atoms. The first kappa shape index (κ1) is 22.7. The van der Waals surface area contributed by atoms with E-state index in [-0.39, 0.29) is 23.5 Å². The number of nitrogens with zero attached hydrogens (tertiary/aromatic N) is 1. The molecule has 0 aromatic heterocycles. The van der Waals surface area contributed by atoms with Crippen molar-refractivity contribution in [3.05, 3.63) is 29.8 Å². The Morgan fingerprint density at radius 3 is 2.37 bits per heavy atom. The normalized spacial score (nSPS) is 22.3. The Morgan fingerprint density at radius 2 is 1.77 bits per heavy atom. The van der Waals surface area contributed by atoms with Crippen LogP contribution in [0.1, 0.15) is 75.6 Å². The van der Waals surface area contributed by atoms with Crippen molar-refractivity contribution in [3.8, 4) is 0 Å². The highest BCUT2D eigenvalue weighted by Crippen LogP contribution is 2.30. The van der Waals surface area contributed by atoms with Crippen molar-refractivity contribution < 1.29 is 22.7 Å². The van der Waals surface area contributed by atoms with Gasteiger partial charge in [0.1, 0.15) is 5.54 Å². The van der Waals surface area contributed by atoms with Crippen molar-refractivity contribution >= 4 is 21.9 Å². The Hall–Kier alpha value is -1.93. The molecule has 0 bridgehead atoms. The predicted octanol–water partition coefficient (Wildman–Crippen LogP) is 3.25. The predicted molar refractivity (Wildman–Crippen MR) is 114 cm³/mol. The second kappa shape index (κ2) is 9.47. The number of sulfonamides is 1. The molecule has 30 heavy (non-hydrogen) atoms. The van der Waals surface area contributed by atoms with Crippen molar-refractivity contribution in [2.75, 3.05) is 13.2 Å².